The maximum absolute atomic E-state index is 5.34. The zero-order valence-electron chi connectivity index (χ0n) is 6.15. The zero-order valence-corrected chi connectivity index (χ0v) is 6.15. The fourth-order valence-electron chi connectivity index (χ4n) is 0.583. The molecule has 1 aromatic heterocycles. The van der Waals surface area contributed by atoms with Crippen molar-refractivity contribution in [1.29, 1.82) is 0 Å². The van der Waals surface area contributed by atoms with Gasteiger partial charge in [0.2, 0.25) is 0 Å². The quantitative estimate of drug-likeness (QED) is 0.242. The van der Waals surface area contributed by atoms with E-state index in [1.807, 2.05) is 6.92 Å². The number of amidine groups is 1. The summed E-state index contributed by atoms with van der Waals surface area (Å²) >= 11 is 0. The van der Waals surface area contributed by atoms with Crippen molar-refractivity contribution in [3.63, 3.8) is 0 Å². The number of aromatic nitrogens is 2. The Hall–Kier alpha value is -1.65. The van der Waals surface area contributed by atoms with E-state index in [1.54, 1.807) is 12.4 Å². The van der Waals surface area contributed by atoms with Crippen molar-refractivity contribution >= 4 is 5.84 Å². The second-order valence-electron chi connectivity index (χ2n) is 2.10. The van der Waals surface area contributed by atoms with Gasteiger partial charge in [-0.3, -0.25) is 0 Å². The van der Waals surface area contributed by atoms with Gasteiger partial charge in [-0.2, -0.15) is 5.10 Å². The molecule has 5 heteroatoms. The molecule has 1 heterocycles. The number of nitrogens with zero attached hydrogens (tertiary/aromatic N) is 3. The zero-order chi connectivity index (χ0) is 8.27. The maximum Gasteiger partial charge on any atom is 0.196 e. The van der Waals surface area contributed by atoms with E-state index in [0.29, 0.717) is 5.82 Å². The van der Waals surface area contributed by atoms with Crippen molar-refractivity contribution in [1.82, 2.24) is 9.97 Å². The summed E-state index contributed by atoms with van der Waals surface area (Å²) in [5, 5.41) is 3.26. The number of hydrazone groups is 1. The van der Waals surface area contributed by atoms with Crippen LogP contribution in [0.2, 0.25) is 0 Å². The van der Waals surface area contributed by atoms with Gasteiger partial charge in [0, 0.05) is 12.4 Å². The molecule has 0 aliphatic heterocycles. The SMILES string of the molecule is Cc1cnc(C(N)=NN)nc1. The number of hydrogen-bond donors (Lipinski definition) is 2. The topological polar surface area (TPSA) is 90.2 Å². The fourth-order valence-corrected chi connectivity index (χ4v) is 0.583. The first-order chi connectivity index (χ1) is 5.24. The molecule has 0 bridgehead atoms. The normalized spacial score (nSPS) is 11.5. The lowest BCUT2D eigenvalue weighted by Crippen LogP contribution is -2.18. The fraction of sp³-hybridized carbons (Fsp3) is 0.167. The highest BCUT2D eigenvalue weighted by Crippen LogP contribution is 1.91. The predicted octanol–water partition coefficient (Wildman–Crippen LogP) is -0.636. The van der Waals surface area contributed by atoms with E-state index in [4.69, 9.17) is 11.6 Å². The lowest BCUT2D eigenvalue weighted by molar-refractivity contribution is 1.08. The van der Waals surface area contributed by atoms with Gasteiger partial charge in [-0.15, -0.1) is 0 Å². The first-order valence-corrected chi connectivity index (χ1v) is 3.06. The first-order valence-electron chi connectivity index (χ1n) is 3.06. The van der Waals surface area contributed by atoms with Crippen LogP contribution in [0.15, 0.2) is 17.5 Å². The summed E-state index contributed by atoms with van der Waals surface area (Å²) in [5.41, 5.74) is 6.32. The first kappa shape index (κ1) is 7.46. The van der Waals surface area contributed by atoms with Crippen LogP contribution < -0.4 is 11.6 Å². The monoisotopic (exact) mass is 151 g/mol. The summed E-state index contributed by atoms with van der Waals surface area (Å²) in [6, 6.07) is 0. The Kier molecular flexibility index (Phi) is 2.00. The molecule has 0 saturated carbocycles. The van der Waals surface area contributed by atoms with Gasteiger partial charge in [-0.25, -0.2) is 9.97 Å². The average molecular weight is 151 g/mol. The van der Waals surface area contributed by atoms with Crippen molar-refractivity contribution in [2.24, 2.45) is 16.7 Å². The van der Waals surface area contributed by atoms with E-state index in [0.717, 1.165) is 5.56 Å². The molecule has 0 saturated heterocycles. The highest BCUT2D eigenvalue weighted by atomic mass is 15.2. The number of aryl methyl sites for hydroxylation is 1. The smallest absolute Gasteiger partial charge is 0.196 e. The molecule has 0 amide bonds. The van der Waals surface area contributed by atoms with Gasteiger partial charge in [-0.05, 0) is 12.5 Å². The average Bonchev–Trinajstić information content (AvgIpc) is 2.05. The molecule has 0 fully saturated rings. The molecule has 0 spiro atoms. The van der Waals surface area contributed by atoms with Crippen molar-refractivity contribution in [2.45, 2.75) is 6.92 Å². The largest absolute Gasteiger partial charge is 0.379 e. The molecule has 0 aliphatic carbocycles. The van der Waals surface area contributed by atoms with Crippen molar-refractivity contribution in [2.75, 3.05) is 0 Å². The minimum Gasteiger partial charge on any atom is -0.379 e. The summed E-state index contributed by atoms with van der Waals surface area (Å²) in [4.78, 5) is 7.80. The van der Waals surface area contributed by atoms with Gasteiger partial charge < -0.3 is 11.6 Å². The molecule has 5 nitrogen and oxygen atoms in total. The third-order valence-electron chi connectivity index (χ3n) is 1.15. The standard InChI is InChI=1S/C6H9N5/c1-4-2-9-6(10-3-4)5(7)11-8/h2-3H,8H2,1H3,(H2,7,11). The van der Waals surface area contributed by atoms with Crippen LogP contribution in [0.25, 0.3) is 0 Å². The second kappa shape index (κ2) is 2.96. The van der Waals surface area contributed by atoms with Crippen LogP contribution in [0, 0.1) is 6.92 Å². The molecule has 0 atom stereocenters. The van der Waals surface area contributed by atoms with Gasteiger partial charge in [0.25, 0.3) is 0 Å². The van der Waals surface area contributed by atoms with E-state index >= 15 is 0 Å². The van der Waals surface area contributed by atoms with E-state index in [2.05, 4.69) is 15.1 Å². The van der Waals surface area contributed by atoms with Crippen LogP contribution in [0.1, 0.15) is 11.4 Å². The Morgan fingerprint density at radius 1 is 1.45 bits per heavy atom. The van der Waals surface area contributed by atoms with Crippen LogP contribution in [0.5, 0.6) is 0 Å². The highest BCUT2D eigenvalue weighted by molar-refractivity contribution is 5.93. The van der Waals surface area contributed by atoms with Gasteiger partial charge in [0.05, 0.1) is 0 Å². The Balaban J connectivity index is 2.99. The van der Waals surface area contributed by atoms with Crippen molar-refractivity contribution in [3.05, 3.63) is 23.8 Å². The van der Waals surface area contributed by atoms with Crippen LogP contribution in [-0.2, 0) is 0 Å². The second-order valence-corrected chi connectivity index (χ2v) is 2.10. The molecule has 1 rings (SSSR count). The number of nitrogens with two attached hydrogens (primary N) is 2. The lowest BCUT2D eigenvalue weighted by atomic mass is 10.4. The summed E-state index contributed by atoms with van der Waals surface area (Å²) in [6.07, 6.45) is 3.31. The van der Waals surface area contributed by atoms with Crippen molar-refractivity contribution < 1.29 is 0 Å². The molecule has 11 heavy (non-hydrogen) atoms. The lowest BCUT2D eigenvalue weighted by Gasteiger charge is -1.95. The van der Waals surface area contributed by atoms with E-state index < -0.39 is 0 Å². The third-order valence-corrected chi connectivity index (χ3v) is 1.15. The molecule has 58 valence electrons. The van der Waals surface area contributed by atoms with Crippen LogP contribution in [0.3, 0.4) is 0 Å². The van der Waals surface area contributed by atoms with Crippen LogP contribution in [-0.4, -0.2) is 15.8 Å². The Labute approximate surface area is 64.1 Å². The molecule has 0 unspecified atom stereocenters. The van der Waals surface area contributed by atoms with E-state index in [9.17, 15) is 0 Å². The highest BCUT2D eigenvalue weighted by Gasteiger charge is 1.98. The summed E-state index contributed by atoms with van der Waals surface area (Å²) < 4.78 is 0. The molecule has 0 aliphatic rings. The Morgan fingerprint density at radius 2 is 2.00 bits per heavy atom. The Bertz CT molecular complexity index is 263. The van der Waals surface area contributed by atoms with E-state index in [1.165, 1.54) is 0 Å². The Morgan fingerprint density at radius 3 is 2.45 bits per heavy atom. The summed E-state index contributed by atoms with van der Waals surface area (Å²) in [5.74, 6) is 5.43. The predicted molar refractivity (Wildman–Crippen MR) is 41.7 cm³/mol. The molecule has 4 N–H and O–H groups in total. The molecular formula is C6H9N5. The minimum atomic E-state index is 0.144. The number of hydrogen-bond acceptors (Lipinski definition) is 4. The van der Waals surface area contributed by atoms with Gasteiger partial charge in [-0.1, -0.05) is 0 Å². The van der Waals surface area contributed by atoms with Crippen molar-refractivity contribution in [3.8, 4) is 0 Å². The maximum atomic E-state index is 5.34. The van der Waals surface area contributed by atoms with Gasteiger partial charge in [0.1, 0.15) is 0 Å². The summed E-state index contributed by atoms with van der Waals surface area (Å²) in [7, 11) is 0. The summed E-state index contributed by atoms with van der Waals surface area (Å²) in [6.45, 7) is 1.89. The molecule has 0 radical (unpaired) electrons. The third kappa shape index (κ3) is 1.64. The minimum absolute atomic E-state index is 0.144. The van der Waals surface area contributed by atoms with Crippen LogP contribution in [0.4, 0.5) is 0 Å². The van der Waals surface area contributed by atoms with Gasteiger partial charge in [0.15, 0.2) is 11.7 Å². The number of rotatable bonds is 1. The molecular weight excluding hydrogens is 142 g/mol. The van der Waals surface area contributed by atoms with Crippen LogP contribution >= 0.6 is 0 Å². The van der Waals surface area contributed by atoms with E-state index in [-0.39, 0.29) is 5.84 Å². The molecule has 0 aromatic carbocycles. The molecule has 1 aromatic rings. The van der Waals surface area contributed by atoms with Gasteiger partial charge >= 0.3 is 0 Å².